The second kappa shape index (κ2) is 10.3. The molecule has 0 radical (unpaired) electrons. The largest absolute Gasteiger partial charge is 0.488 e. The first-order chi connectivity index (χ1) is 17.1. The fourth-order valence-electron chi connectivity index (χ4n) is 3.43. The molecule has 1 heterocycles. The van der Waals surface area contributed by atoms with Crippen LogP contribution in [0, 0.1) is 0 Å². The van der Waals surface area contributed by atoms with E-state index in [9.17, 15) is 18.0 Å². The van der Waals surface area contributed by atoms with Gasteiger partial charge in [-0.3, -0.25) is 4.79 Å². The van der Waals surface area contributed by atoms with Gasteiger partial charge in [-0.15, -0.1) is 0 Å². The van der Waals surface area contributed by atoms with E-state index in [1.54, 1.807) is 36.4 Å². The smallest absolute Gasteiger partial charge is 0.416 e. The van der Waals surface area contributed by atoms with Gasteiger partial charge < -0.3 is 4.74 Å². The van der Waals surface area contributed by atoms with Crippen molar-refractivity contribution >= 4 is 40.3 Å². The molecule has 0 aliphatic rings. The number of rotatable bonds is 6. The van der Waals surface area contributed by atoms with Crippen LogP contribution in [0.1, 0.15) is 31.4 Å². The maximum absolute atomic E-state index is 13.3. The molecule has 10 heteroatoms. The molecular formula is C26H20Cl2F3N3O2. The van der Waals surface area contributed by atoms with Gasteiger partial charge in [-0.05, 0) is 55.3 Å². The number of hydrogen-bond acceptors (Lipinski definition) is 4. The van der Waals surface area contributed by atoms with Crippen LogP contribution in [0.3, 0.4) is 0 Å². The van der Waals surface area contributed by atoms with Crippen molar-refractivity contribution in [1.29, 1.82) is 0 Å². The Kier molecular flexibility index (Phi) is 7.38. The highest BCUT2D eigenvalue weighted by Crippen LogP contribution is 2.35. The van der Waals surface area contributed by atoms with Crippen molar-refractivity contribution < 1.29 is 17.9 Å². The van der Waals surface area contributed by atoms with Gasteiger partial charge in [-0.25, -0.2) is 4.98 Å². The van der Waals surface area contributed by atoms with E-state index in [1.807, 2.05) is 13.8 Å². The molecule has 0 aliphatic heterocycles. The van der Waals surface area contributed by atoms with Gasteiger partial charge in [-0.2, -0.15) is 22.9 Å². The molecule has 0 bridgehead atoms. The molecule has 186 valence electrons. The fraction of sp³-hybridized carbons (Fsp3) is 0.192. The third-order valence-corrected chi connectivity index (χ3v) is 6.00. The standard InChI is InChI=1S/C26H20Cl2F3N3O2/c1-3-15(2)36-23-20(27)11-16(12-21(23)28)14-32-34-24(17-7-6-8-18(13-17)26(29,30)31)33-22-10-5-4-9-19(22)25(34)35/h4-15H,3H2,1-2H3/t15-/m0/s1. The van der Waals surface area contributed by atoms with Gasteiger partial charge in [0.2, 0.25) is 0 Å². The summed E-state index contributed by atoms with van der Waals surface area (Å²) < 4.78 is 46.7. The zero-order valence-corrected chi connectivity index (χ0v) is 20.7. The minimum Gasteiger partial charge on any atom is -0.488 e. The minimum absolute atomic E-state index is 0.0463. The third kappa shape index (κ3) is 5.39. The Bertz CT molecular complexity index is 1490. The van der Waals surface area contributed by atoms with E-state index in [2.05, 4.69) is 10.1 Å². The average molecular weight is 534 g/mol. The van der Waals surface area contributed by atoms with Crippen molar-refractivity contribution in [3.63, 3.8) is 0 Å². The van der Waals surface area contributed by atoms with E-state index < -0.39 is 17.3 Å². The second-order valence-corrected chi connectivity index (χ2v) is 8.86. The van der Waals surface area contributed by atoms with E-state index in [-0.39, 0.29) is 32.9 Å². The van der Waals surface area contributed by atoms with Crippen LogP contribution >= 0.6 is 23.2 Å². The van der Waals surface area contributed by atoms with E-state index >= 15 is 0 Å². The Hall–Kier alpha value is -3.36. The van der Waals surface area contributed by atoms with Crippen LogP contribution in [0.4, 0.5) is 13.2 Å². The Labute approximate surface area is 214 Å². The molecule has 5 nitrogen and oxygen atoms in total. The molecule has 0 unspecified atom stereocenters. The highest BCUT2D eigenvalue weighted by Gasteiger charge is 2.31. The molecule has 4 rings (SSSR count). The van der Waals surface area contributed by atoms with Crippen LogP contribution < -0.4 is 10.3 Å². The Balaban J connectivity index is 1.85. The normalized spacial score (nSPS) is 12.9. The minimum atomic E-state index is -4.56. The molecule has 3 aromatic carbocycles. The lowest BCUT2D eigenvalue weighted by Gasteiger charge is -2.15. The second-order valence-electron chi connectivity index (χ2n) is 8.04. The average Bonchev–Trinajstić information content (AvgIpc) is 2.85. The van der Waals surface area contributed by atoms with E-state index in [0.29, 0.717) is 16.8 Å². The lowest BCUT2D eigenvalue weighted by Crippen LogP contribution is -2.20. The van der Waals surface area contributed by atoms with Crippen LogP contribution in [-0.4, -0.2) is 22.0 Å². The predicted molar refractivity (Wildman–Crippen MR) is 136 cm³/mol. The molecule has 0 spiro atoms. The predicted octanol–water partition coefficient (Wildman–Crippen LogP) is 7.45. The first-order valence-corrected chi connectivity index (χ1v) is 11.7. The van der Waals surface area contributed by atoms with Gasteiger partial charge in [0.05, 0.1) is 38.8 Å². The van der Waals surface area contributed by atoms with Gasteiger partial charge >= 0.3 is 6.18 Å². The van der Waals surface area contributed by atoms with Gasteiger partial charge in [0, 0.05) is 5.56 Å². The molecule has 0 saturated heterocycles. The van der Waals surface area contributed by atoms with Crippen molar-refractivity contribution in [2.24, 2.45) is 5.10 Å². The summed E-state index contributed by atoms with van der Waals surface area (Å²) in [4.78, 5) is 17.7. The number of ether oxygens (including phenoxy) is 1. The molecular weight excluding hydrogens is 514 g/mol. The molecule has 4 aromatic rings. The van der Waals surface area contributed by atoms with Crippen LogP contribution in [0.15, 0.2) is 70.6 Å². The number of alkyl halides is 3. The van der Waals surface area contributed by atoms with Crippen LogP contribution in [0.25, 0.3) is 22.3 Å². The Morgan fingerprint density at radius 3 is 2.44 bits per heavy atom. The summed E-state index contributed by atoms with van der Waals surface area (Å²) in [6.45, 7) is 3.85. The molecule has 0 fully saturated rings. The van der Waals surface area contributed by atoms with Crippen molar-refractivity contribution in [2.75, 3.05) is 0 Å². The molecule has 1 atom stereocenters. The first-order valence-electron chi connectivity index (χ1n) is 11.0. The van der Waals surface area contributed by atoms with Gasteiger partial charge in [0.15, 0.2) is 11.6 Å². The van der Waals surface area contributed by atoms with Gasteiger partial charge in [-0.1, -0.05) is 54.4 Å². The van der Waals surface area contributed by atoms with E-state index in [0.717, 1.165) is 23.2 Å². The fourth-order valence-corrected chi connectivity index (χ4v) is 4.02. The van der Waals surface area contributed by atoms with Crippen molar-refractivity contribution in [3.8, 4) is 17.1 Å². The first kappa shape index (κ1) is 25.7. The number of hydrogen-bond donors (Lipinski definition) is 0. The number of halogens is 5. The maximum Gasteiger partial charge on any atom is 0.416 e. The number of fused-ring (bicyclic) bond motifs is 1. The van der Waals surface area contributed by atoms with Crippen molar-refractivity contribution in [1.82, 2.24) is 9.66 Å². The lowest BCUT2D eigenvalue weighted by molar-refractivity contribution is -0.137. The number of para-hydroxylation sites is 1. The SMILES string of the molecule is CC[C@H](C)Oc1c(Cl)cc(C=Nn2c(-c3cccc(C(F)(F)F)c3)nc3ccccc3c2=O)cc1Cl. The Morgan fingerprint density at radius 2 is 1.78 bits per heavy atom. The number of nitrogens with zero attached hydrogens (tertiary/aromatic N) is 3. The molecule has 0 aliphatic carbocycles. The summed E-state index contributed by atoms with van der Waals surface area (Å²) >= 11 is 12.7. The lowest BCUT2D eigenvalue weighted by atomic mass is 10.1. The van der Waals surface area contributed by atoms with Crippen molar-refractivity contribution in [3.05, 3.63) is 92.2 Å². The highest BCUT2D eigenvalue weighted by atomic mass is 35.5. The quantitative estimate of drug-likeness (QED) is 0.242. The number of aromatic nitrogens is 2. The molecule has 36 heavy (non-hydrogen) atoms. The topological polar surface area (TPSA) is 56.5 Å². The summed E-state index contributed by atoms with van der Waals surface area (Å²) in [5.74, 6) is 0.286. The zero-order chi connectivity index (χ0) is 26.0. The summed E-state index contributed by atoms with van der Waals surface area (Å²) in [6.07, 6.45) is -2.57. The summed E-state index contributed by atoms with van der Waals surface area (Å²) in [7, 11) is 0. The van der Waals surface area contributed by atoms with E-state index in [1.165, 1.54) is 18.3 Å². The molecule has 0 amide bonds. The molecule has 0 saturated carbocycles. The van der Waals surface area contributed by atoms with Gasteiger partial charge in [0.1, 0.15) is 0 Å². The zero-order valence-electron chi connectivity index (χ0n) is 19.2. The third-order valence-electron chi connectivity index (χ3n) is 5.44. The van der Waals surface area contributed by atoms with E-state index in [4.69, 9.17) is 27.9 Å². The Morgan fingerprint density at radius 1 is 1.08 bits per heavy atom. The van der Waals surface area contributed by atoms with Crippen LogP contribution in [0.5, 0.6) is 5.75 Å². The number of benzene rings is 3. The summed E-state index contributed by atoms with van der Waals surface area (Å²) in [5, 5.41) is 5.04. The molecule has 1 aromatic heterocycles. The maximum atomic E-state index is 13.3. The van der Waals surface area contributed by atoms with Crippen molar-refractivity contribution in [2.45, 2.75) is 32.5 Å². The van der Waals surface area contributed by atoms with Crippen LogP contribution in [0.2, 0.25) is 10.0 Å². The molecule has 0 N–H and O–H groups in total. The monoisotopic (exact) mass is 533 g/mol. The summed E-state index contributed by atoms with van der Waals surface area (Å²) in [6, 6.07) is 14.2. The van der Waals surface area contributed by atoms with Gasteiger partial charge in [0.25, 0.3) is 5.56 Å². The van der Waals surface area contributed by atoms with Crippen LogP contribution in [-0.2, 0) is 6.18 Å². The highest BCUT2D eigenvalue weighted by molar-refractivity contribution is 6.37. The summed E-state index contributed by atoms with van der Waals surface area (Å²) in [5.41, 5.74) is -0.541.